The number of nitrogens with two attached hydrogens (primary N) is 1. The molecule has 0 aliphatic heterocycles. The molecule has 0 spiro atoms. The average molecular weight is 446 g/mol. The fraction of sp³-hybridized carbons (Fsp3) is 0.957. The molecule has 2 aliphatic rings. The zero-order valence-corrected chi connectivity index (χ0v) is 23.2. The molecule has 0 aromatic carbocycles. The zero-order valence-electron chi connectivity index (χ0n) is 21.2. The molecule has 6 heteroatoms. The van der Waals surface area contributed by atoms with E-state index in [1.54, 1.807) is 0 Å². The summed E-state index contributed by atoms with van der Waals surface area (Å²) in [6, 6.07) is 0.583. The fourth-order valence-corrected chi connectivity index (χ4v) is 3.88. The van der Waals surface area contributed by atoms with Crippen molar-refractivity contribution in [3.63, 3.8) is 0 Å². The lowest BCUT2D eigenvalue weighted by Gasteiger charge is -2.36. The lowest BCUT2D eigenvalue weighted by molar-refractivity contribution is -0.109. The summed E-state index contributed by atoms with van der Waals surface area (Å²) in [5.41, 5.74) is 5.22. The number of hydrogen-bond donors (Lipinski definition) is 1. The molecule has 0 atom stereocenters. The third-order valence-corrected chi connectivity index (χ3v) is 15.7. The van der Waals surface area contributed by atoms with Gasteiger partial charge in [-0.05, 0) is 67.9 Å². The van der Waals surface area contributed by atoms with Gasteiger partial charge in [0.05, 0.1) is 6.61 Å². The summed E-state index contributed by atoms with van der Waals surface area (Å²) in [4.78, 5) is 10.1. The smallest absolute Gasteiger partial charge is 0.192 e. The summed E-state index contributed by atoms with van der Waals surface area (Å²) in [7, 11) is -3.11. The molecular weight excluding hydrogens is 394 g/mol. The van der Waals surface area contributed by atoms with Gasteiger partial charge < -0.3 is 19.4 Å². The van der Waals surface area contributed by atoms with Crippen molar-refractivity contribution in [2.75, 3.05) is 13.2 Å². The topological polar surface area (TPSA) is 61.5 Å². The van der Waals surface area contributed by atoms with E-state index in [-0.39, 0.29) is 11.6 Å². The van der Waals surface area contributed by atoms with Crippen LogP contribution < -0.4 is 5.73 Å². The van der Waals surface area contributed by atoms with Crippen LogP contribution in [0.2, 0.25) is 36.3 Å². The molecule has 0 radical (unpaired) electrons. The van der Waals surface area contributed by atoms with Crippen molar-refractivity contribution in [2.24, 2.45) is 11.7 Å². The van der Waals surface area contributed by atoms with E-state index in [0.29, 0.717) is 11.1 Å². The highest BCUT2D eigenvalue weighted by molar-refractivity contribution is 6.74. The van der Waals surface area contributed by atoms with Crippen LogP contribution in [0, 0.1) is 5.92 Å². The van der Waals surface area contributed by atoms with E-state index >= 15 is 0 Å². The molecule has 0 aromatic rings. The first-order chi connectivity index (χ1) is 13.0. The van der Waals surface area contributed by atoms with Crippen LogP contribution >= 0.6 is 0 Å². The zero-order chi connectivity index (χ0) is 22.9. The number of aldehydes is 1. The van der Waals surface area contributed by atoms with E-state index in [9.17, 15) is 4.79 Å². The Bertz CT molecular complexity index is 460. The SMILES string of the molecule is CC(C)(C)[Si](C)(C)OCC=O.CC(C)(C)[Si](C)(C)OCCCC1CC1.NC1CC1. The van der Waals surface area contributed by atoms with Crippen LogP contribution in [-0.2, 0) is 13.6 Å². The molecule has 29 heavy (non-hydrogen) atoms. The average Bonchev–Trinajstić information content (AvgIpc) is 3.46. The van der Waals surface area contributed by atoms with Crippen LogP contribution in [0.15, 0.2) is 0 Å². The Morgan fingerprint density at radius 3 is 1.59 bits per heavy atom. The van der Waals surface area contributed by atoms with Gasteiger partial charge in [-0.15, -0.1) is 0 Å². The van der Waals surface area contributed by atoms with Crippen molar-refractivity contribution in [3.8, 4) is 0 Å². The van der Waals surface area contributed by atoms with E-state index in [4.69, 9.17) is 14.6 Å². The van der Waals surface area contributed by atoms with Gasteiger partial charge in [0, 0.05) is 12.6 Å². The fourth-order valence-electron chi connectivity index (χ4n) is 1.88. The standard InChI is InChI=1S/C12H26OSi.C8H18O2Si.C3H7N/c1-12(2,3)14(4,5)13-10-6-7-11-8-9-11;1-8(2,3)11(4,5)10-7-6-9;4-3-1-2-3/h11H,6-10H2,1-5H3;6H,7H2,1-5H3;3H,1-2,4H2. The minimum atomic E-state index is -1.66. The van der Waals surface area contributed by atoms with E-state index in [1.165, 1.54) is 38.5 Å². The summed E-state index contributed by atoms with van der Waals surface area (Å²) >= 11 is 0. The number of carbonyl (C=O) groups excluding carboxylic acids is 1. The normalized spacial score (nSPS) is 17.6. The van der Waals surface area contributed by atoms with Gasteiger partial charge in [-0.2, -0.15) is 0 Å². The first-order valence-electron chi connectivity index (χ1n) is 11.5. The van der Waals surface area contributed by atoms with E-state index < -0.39 is 16.6 Å². The Morgan fingerprint density at radius 1 is 0.862 bits per heavy atom. The highest BCUT2D eigenvalue weighted by Crippen LogP contribution is 2.38. The Hall–Kier alpha value is -0.0162. The van der Waals surface area contributed by atoms with Gasteiger partial charge in [-0.3, -0.25) is 0 Å². The van der Waals surface area contributed by atoms with Crippen LogP contribution in [-0.4, -0.2) is 42.2 Å². The summed E-state index contributed by atoms with van der Waals surface area (Å²) in [5, 5.41) is 0.572. The lowest BCUT2D eigenvalue weighted by Crippen LogP contribution is -2.41. The van der Waals surface area contributed by atoms with Crippen LogP contribution in [0.25, 0.3) is 0 Å². The second kappa shape index (κ2) is 12.1. The molecule has 0 bridgehead atoms. The van der Waals surface area contributed by atoms with Crippen molar-refractivity contribution in [2.45, 2.75) is 122 Å². The van der Waals surface area contributed by atoms with Crippen LogP contribution in [0.5, 0.6) is 0 Å². The monoisotopic (exact) mass is 445 g/mol. The molecule has 0 unspecified atom stereocenters. The van der Waals surface area contributed by atoms with Gasteiger partial charge >= 0.3 is 0 Å². The molecule has 4 nitrogen and oxygen atoms in total. The molecule has 0 amide bonds. The number of hydrogen-bond acceptors (Lipinski definition) is 4. The first kappa shape index (κ1) is 29.0. The van der Waals surface area contributed by atoms with E-state index in [0.717, 1.165) is 18.8 Å². The molecule has 0 saturated heterocycles. The van der Waals surface area contributed by atoms with Crippen LogP contribution in [0.3, 0.4) is 0 Å². The highest BCUT2D eigenvalue weighted by atomic mass is 28.4. The molecule has 2 N–H and O–H groups in total. The van der Waals surface area contributed by atoms with Gasteiger partial charge in [-0.1, -0.05) is 54.4 Å². The second-order valence-electron chi connectivity index (χ2n) is 11.8. The minimum Gasteiger partial charge on any atom is -0.417 e. The molecule has 2 rings (SSSR count). The molecule has 0 heterocycles. The molecule has 0 aromatic heterocycles. The third-order valence-electron chi connectivity index (χ3n) is 6.66. The third kappa shape index (κ3) is 13.8. The van der Waals surface area contributed by atoms with E-state index in [2.05, 4.69) is 67.7 Å². The van der Waals surface area contributed by atoms with Gasteiger partial charge in [-0.25, -0.2) is 0 Å². The summed E-state index contributed by atoms with van der Waals surface area (Å²) < 4.78 is 11.6. The Kier molecular flexibility index (Phi) is 12.1. The maximum Gasteiger partial charge on any atom is 0.192 e. The maximum absolute atomic E-state index is 10.1. The predicted octanol–water partition coefficient (Wildman–Crippen LogP) is 6.51. The molecule has 2 saturated carbocycles. The largest absolute Gasteiger partial charge is 0.417 e. The van der Waals surface area contributed by atoms with Crippen molar-refractivity contribution >= 4 is 22.9 Å². The van der Waals surface area contributed by atoms with Crippen LogP contribution in [0.4, 0.5) is 0 Å². The molecule has 174 valence electrons. The Balaban J connectivity index is 0.000000462. The Labute approximate surface area is 184 Å². The minimum absolute atomic E-state index is 0.204. The highest BCUT2D eigenvalue weighted by Gasteiger charge is 2.37. The molecular formula is C23H51NO3Si2. The van der Waals surface area contributed by atoms with E-state index in [1.807, 2.05) is 0 Å². The van der Waals surface area contributed by atoms with Gasteiger partial charge in [0.25, 0.3) is 0 Å². The van der Waals surface area contributed by atoms with Gasteiger partial charge in [0.2, 0.25) is 0 Å². The second-order valence-corrected chi connectivity index (χ2v) is 21.4. The quantitative estimate of drug-likeness (QED) is 0.263. The van der Waals surface area contributed by atoms with Crippen molar-refractivity contribution in [1.29, 1.82) is 0 Å². The molecule has 2 aliphatic carbocycles. The predicted molar refractivity (Wildman–Crippen MR) is 132 cm³/mol. The van der Waals surface area contributed by atoms with Crippen molar-refractivity contribution < 1.29 is 13.6 Å². The number of rotatable bonds is 8. The summed E-state index contributed by atoms with van der Waals surface area (Å²) in [5.74, 6) is 1.05. The maximum atomic E-state index is 10.1. The summed E-state index contributed by atoms with van der Waals surface area (Å²) in [6.45, 7) is 23.6. The van der Waals surface area contributed by atoms with Gasteiger partial charge in [0.15, 0.2) is 16.6 Å². The van der Waals surface area contributed by atoms with Gasteiger partial charge in [0.1, 0.15) is 6.29 Å². The lowest BCUT2D eigenvalue weighted by atomic mass is 10.2. The number of carbonyl (C=O) groups is 1. The van der Waals surface area contributed by atoms with Crippen LogP contribution in [0.1, 0.15) is 80.1 Å². The Morgan fingerprint density at radius 2 is 1.28 bits per heavy atom. The first-order valence-corrected chi connectivity index (χ1v) is 17.3. The van der Waals surface area contributed by atoms with Crippen molar-refractivity contribution in [1.82, 2.24) is 0 Å². The molecule has 2 fully saturated rings. The van der Waals surface area contributed by atoms with Crippen molar-refractivity contribution in [3.05, 3.63) is 0 Å². The summed E-state index contributed by atoms with van der Waals surface area (Å²) in [6.07, 6.45) is 8.96.